The minimum absolute atomic E-state index is 0.184. The van der Waals surface area contributed by atoms with Gasteiger partial charge in [-0.2, -0.15) is 4.31 Å². The minimum atomic E-state index is -3.65. The highest BCUT2D eigenvalue weighted by Gasteiger charge is 2.41. The van der Waals surface area contributed by atoms with Crippen LogP contribution in [0, 0.1) is 11.8 Å². The number of aliphatic hydroxyl groups is 1. The molecule has 2 rings (SSSR count). The van der Waals surface area contributed by atoms with Gasteiger partial charge in [0.2, 0.25) is 10.0 Å². The van der Waals surface area contributed by atoms with Crippen LogP contribution in [0.5, 0.6) is 5.75 Å². The Hall–Kier alpha value is -1.15. The molecule has 1 heterocycles. The third kappa shape index (κ3) is 4.22. The fourth-order valence-electron chi connectivity index (χ4n) is 3.22. The predicted octanol–water partition coefficient (Wildman–Crippen LogP) is 2.52. The van der Waals surface area contributed by atoms with Gasteiger partial charge < -0.3 is 15.6 Å². The molecule has 26 heavy (non-hydrogen) atoms. The van der Waals surface area contributed by atoms with Crippen molar-refractivity contribution in [3.8, 4) is 5.75 Å². The van der Waals surface area contributed by atoms with Gasteiger partial charge in [0.05, 0.1) is 10.9 Å². The standard InChI is InChI=1S/C19H32N2O4S/c1-12(2)10-21(11-13(3)4)26(23,24)14-7-8-16-15(9-14)17(20)18(22)19(5,6)25-16/h7-9,12-13,17-18,22H,10-11,20H2,1-6H3/t17-,18+/m1/s1. The van der Waals surface area contributed by atoms with Crippen molar-refractivity contribution in [2.75, 3.05) is 13.1 Å². The van der Waals surface area contributed by atoms with Crippen molar-refractivity contribution in [3.63, 3.8) is 0 Å². The lowest BCUT2D eigenvalue weighted by atomic mass is 9.87. The molecule has 0 aliphatic carbocycles. The Labute approximate surface area is 157 Å². The smallest absolute Gasteiger partial charge is 0.243 e. The summed E-state index contributed by atoms with van der Waals surface area (Å²) >= 11 is 0. The zero-order valence-corrected chi connectivity index (χ0v) is 17.4. The monoisotopic (exact) mass is 384 g/mol. The Bertz CT molecular complexity index is 734. The zero-order valence-electron chi connectivity index (χ0n) is 16.6. The number of hydrogen-bond donors (Lipinski definition) is 2. The third-order valence-corrected chi connectivity index (χ3v) is 6.37. The van der Waals surface area contributed by atoms with E-state index in [9.17, 15) is 13.5 Å². The normalized spacial score (nSPS) is 22.6. The molecular formula is C19H32N2O4S. The summed E-state index contributed by atoms with van der Waals surface area (Å²) in [5.74, 6) is 0.953. The van der Waals surface area contributed by atoms with Crippen molar-refractivity contribution in [1.82, 2.24) is 4.31 Å². The van der Waals surface area contributed by atoms with E-state index < -0.39 is 27.8 Å². The summed E-state index contributed by atoms with van der Waals surface area (Å²) in [5, 5.41) is 10.4. The highest BCUT2D eigenvalue weighted by molar-refractivity contribution is 7.89. The first kappa shape index (κ1) is 21.2. The predicted molar refractivity (Wildman–Crippen MR) is 103 cm³/mol. The number of rotatable bonds is 6. The molecule has 0 unspecified atom stereocenters. The van der Waals surface area contributed by atoms with E-state index in [4.69, 9.17) is 10.5 Å². The van der Waals surface area contributed by atoms with Crippen LogP contribution in [0.25, 0.3) is 0 Å². The number of sulfonamides is 1. The number of ether oxygens (including phenoxy) is 1. The molecular weight excluding hydrogens is 352 g/mol. The number of hydrogen-bond acceptors (Lipinski definition) is 5. The first-order valence-corrected chi connectivity index (χ1v) is 10.6. The van der Waals surface area contributed by atoms with E-state index in [0.29, 0.717) is 24.4 Å². The molecule has 0 radical (unpaired) electrons. The van der Waals surface area contributed by atoms with Crippen molar-refractivity contribution in [2.45, 2.75) is 64.2 Å². The van der Waals surface area contributed by atoms with Crippen LogP contribution in [0.3, 0.4) is 0 Å². The van der Waals surface area contributed by atoms with Crippen LogP contribution in [-0.2, 0) is 10.0 Å². The molecule has 6 nitrogen and oxygen atoms in total. The lowest BCUT2D eigenvalue weighted by molar-refractivity contribution is -0.0572. The maximum atomic E-state index is 13.2. The van der Waals surface area contributed by atoms with Crippen molar-refractivity contribution in [1.29, 1.82) is 0 Å². The highest BCUT2D eigenvalue weighted by Crippen LogP contribution is 2.39. The molecule has 0 amide bonds. The molecule has 1 aromatic carbocycles. The molecule has 1 aliphatic heterocycles. The van der Waals surface area contributed by atoms with Gasteiger partial charge in [0.25, 0.3) is 0 Å². The van der Waals surface area contributed by atoms with E-state index >= 15 is 0 Å². The highest BCUT2D eigenvalue weighted by atomic mass is 32.2. The maximum absolute atomic E-state index is 13.2. The Morgan fingerprint density at radius 3 is 2.23 bits per heavy atom. The van der Waals surface area contributed by atoms with Gasteiger partial charge in [-0.1, -0.05) is 27.7 Å². The summed E-state index contributed by atoms with van der Waals surface area (Å²) in [6, 6.07) is 4.04. The number of aliphatic hydroxyl groups excluding tert-OH is 1. The van der Waals surface area contributed by atoms with Crippen LogP contribution in [0.15, 0.2) is 23.1 Å². The molecule has 7 heteroatoms. The molecule has 148 valence electrons. The van der Waals surface area contributed by atoms with Crippen LogP contribution in [0.1, 0.15) is 53.1 Å². The second kappa shape index (κ2) is 7.46. The molecule has 0 fully saturated rings. The second-order valence-corrected chi connectivity index (χ2v) is 10.4. The Balaban J connectivity index is 2.45. The SMILES string of the molecule is CC(C)CN(CC(C)C)S(=O)(=O)c1ccc2c(c1)[C@@H](N)[C@H](O)C(C)(C)O2. The van der Waals surface area contributed by atoms with Crippen LogP contribution >= 0.6 is 0 Å². The average Bonchev–Trinajstić information content (AvgIpc) is 2.50. The molecule has 0 aromatic heterocycles. The summed E-state index contributed by atoms with van der Waals surface area (Å²) in [6.45, 7) is 12.4. The molecule has 0 spiro atoms. The molecule has 0 bridgehead atoms. The number of nitrogens with two attached hydrogens (primary N) is 1. The quantitative estimate of drug-likeness (QED) is 0.786. The summed E-state index contributed by atoms with van der Waals surface area (Å²) in [4.78, 5) is 0.184. The van der Waals surface area contributed by atoms with Gasteiger partial charge in [-0.15, -0.1) is 0 Å². The molecule has 2 atom stereocenters. The average molecular weight is 385 g/mol. The van der Waals surface area contributed by atoms with Crippen LogP contribution in [0.2, 0.25) is 0 Å². The van der Waals surface area contributed by atoms with Gasteiger partial charge in [-0.25, -0.2) is 8.42 Å². The van der Waals surface area contributed by atoms with E-state index in [0.717, 1.165) is 0 Å². The van der Waals surface area contributed by atoms with Gasteiger partial charge in [-0.3, -0.25) is 0 Å². The third-order valence-electron chi connectivity index (χ3n) is 4.54. The minimum Gasteiger partial charge on any atom is -0.485 e. The van der Waals surface area contributed by atoms with Crippen molar-refractivity contribution < 1.29 is 18.3 Å². The molecule has 0 saturated heterocycles. The van der Waals surface area contributed by atoms with Crippen LogP contribution < -0.4 is 10.5 Å². The fraction of sp³-hybridized carbons (Fsp3) is 0.684. The molecule has 0 saturated carbocycles. The van der Waals surface area contributed by atoms with E-state index in [1.54, 1.807) is 32.0 Å². The number of benzene rings is 1. The van der Waals surface area contributed by atoms with Crippen molar-refractivity contribution >= 4 is 10.0 Å². The van der Waals surface area contributed by atoms with Crippen molar-refractivity contribution in [2.24, 2.45) is 17.6 Å². The van der Waals surface area contributed by atoms with Crippen LogP contribution in [-0.4, -0.2) is 42.6 Å². The second-order valence-electron chi connectivity index (χ2n) is 8.49. The maximum Gasteiger partial charge on any atom is 0.243 e. The first-order valence-electron chi connectivity index (χ1n) is 9.13. The van der Waals surface area contributed by atoms with E-state index in [1.807, 2.05) is 27.7 Å². The van der Waals surface area contributed by atoms with E-state index in [2.05, 4.69) is 0 Å². The fourth-order valence-corrected chi connectivity index (χ4v) is 5.02. The van der Waals surface area contributed by atoms with Gasteiger partial charge >= 0.3 is 0 Å². The summed E-state index contributed by atoms with van der Waals surface area (Å²) < 4.78 is 33.7. The van der Waals surface area contributed by atoms with Gasteiger partial charge in [0, 0.05) is 18.7 Å². The van der Waals surface area contributed by atoms with Crippen LogP contribution in [0.4, 0.5) is 0 Å². The van der Waals surface area contributed by atoms with E-state index in [1.165, 1.54) is 4.31 Å². The largest absolute Gasteiger partial charge is 0.485 e. The number of nitrogens with zero attached hydrogens (tertiary/aromatic N) is 1. The Morgan fingerprint density at radius 2 is 1.73 bits per heavy atom. The van der Waals surface area contributed by atoms with Gasteiger partial charge in [0.1, 0.15) is 17.5 Å². The first-order chi connectivity index (χ1) is 11.9. The van der Waals surface area contributed by atoms with Gasteiger partial charge in [-0.05, 0) is 43.9 Å². The van der Waals surface area contributed by atoms with Gasteiger partial charge in [0.15, 0.2) is 0 Å². The lowest BCUT2D eigenvalue weighted by Gasteiger charge is -2.40. The molecule has 1 aromatic rings. The summed E-state index contributed by atoms with van der Waals surface area (Å²) in [5.41, 5.74) is 5.87. The summed E-state index contributed by atoms with van der Waals surface area (Å²) in [7, 11) is -3.65. The zero-order chi connectivity index (χ0) is 19.9. The van der Waals surface area contributed by atoms with Crippen molar-refractivity contribution in [3.05, 3.63) is 23.8 Å². The lowest BCUT2D eigenvalue weighted by Crippen LogP contribution is -2.51. The molecule has 3 N–H and O–H groups in total. The molecule has 1 aliphatic rings. The summed E-state index contributed by atoms with van der Waals surface area (Å²) in [6.07, 6.45) is -0.921. The van der Waals surface area contributed by atoms with E-state index in [-0.39, 0.29) is 16.7 Å². The topological polar surface area (TPSA) is 92.9 Å². The Morgan fingerprint density at radius 1 is 1.19 bits per heavy atom. The Kier molecular flexibility index (Phi) is 6.07. The number of fused-ring (bicyclic) bond motifs is 1.